The van der Waals surface area contributed by atoms with E-state index < -0.39 is 0 Å². The number of nitrogens with zero attached hydrogens (tertiary/aromatic N) is 3. The van der Waals surface area contributed by atoms with Gasteiger partial charge in [-0.2, -0.15) is 0 Å². The minimum Gasteiger partial charge on any atom is -0.270 e. The van der Waals surface area contributed by atoms with Gasteiger partial charge in [-0.05, 0) is 48.9 Å². The highest BCUT2D eigenvalue weighted by atomic mass is 35.5. The Hall–Kier alpha value is -2.27. The first kappa shape index (κ1) is 19.1. The minimum atomic E-state index is 0.664. The smallest absolute Gasteiger partial charge is 0.196 e. The van der Waals surface area contributed by atoms with E-state index in [2.05, 4.69) is 41.4 Å². The molecule has 0 bridgehead atoms. The summed E-state index contributed by atoms with van der Waals surface area (Å²) < 4.78 is 2.04. The average molecular weight is 426 g/mol. The molecule has 0 amide bonds. The van der Waals surface area contributed by atoms with Crippen LogP contribution in [-0.2, 0) is 5.75 Å². The van der Waals surface area contributed by atoms with Crippen molar-refractivity contribution in [1.82, 2.24) is 14.8 Å². The number of thioether (sulfide) groups is 1. The van der Waals surface area contributed by atoms with Crippen LogP contribution in [0.5, 0.6) is 0 Å². The van der Waals surface area contributed by atoms with E-state index in [1.165, 1.54) is 11.1 Å². The molecule has 0 radical (unpaired) electrons. The number of hydrogen-bond acceptors (Lipinski definition) is 3. The summed E-state index contributed by atoms with van der Waals surface area (Å²) in [5, 5.41) is 11.1. The highest BCUT2D eigenvalue weighted by molar-refractivity contribution is 7.98. The van der Waals surface area contributed by atoms with Crippen LogP contribution in [-0.4, -0.2) is 14.8 Å². The highest BCUT2D eigenvalue weighted by Crippen LogP contribution is 2.31. The van der Waals surface area contributed by atoms with Gasteiger partial charge in [-0.25, -0.2) is 0 Å². The van der Waals surface area contributed by atoms with Gasteiger partial charge < -0.3 is 0 Å². The summed E-state index contributed by atoms with van der Waals surface area (Å²) in [6, 6.07) is 23.8. The van der Waals surface area contributed by atoms with E-state index in [-0.39, 0.29) is 0 Å². The summed E-state index contributed by atoms with van der Waals surface area (Å²) in [4.78, 5) is 0. The van der Waals surface area contributed by atoms with Crippen molar-refractivity contribution in [3.8, 4) is 17.1 Å². The Labute approximate surface area is 178 Å². The standard InChI is InChI=1S/C22H17Cl2N3S/c1-15-4-2-5-16(12-15)14-28-22-26-25-21(17-6-3-7-19(24)13-17)27(22)20-10-8-18(23)9-11-20/h2-13H,14H2,1H3. The Bertz CT molecular complexity index is 1110. The van der Waals surface area contributed by atoms with Crippen LogP contribution in [0.3, 0.4) is 0 Å². The molecule has 0 aliphatic heterocycles. The Kier molecular flexibility index (Phi) is 5.72. The van der Waals surface area contributed by atoms with Crippen LogP contribution < -0.4 is 0 Å². The van der Waals surface area contributed by atoms with Crippen molar-refractivity contribution in [2.45, 2.75) is 17.8 Å². The van der Waals surface area contributed by atoms with Crippen LogP contribution in [0.15, 0.2) is 78.0 Å². The topological polar surface area (TPSA) is 30.7 Å². The first-order valence-corrected chi connectivity index (χ1v) is 10.5. The molecular formula is C22H17Cl2N3S. The molecule has 140 valence electrons. The lowest BCUT2D eigenvalue weighted by Crippen LogP contribution is -1.99. The third-order valence-corrected chi connectivity index (χ3v) is 5.74. The maximum Gasteiger partial charge on any atom is 0.196 e. The van der Waals surface area contributed by atoms with Crippen LogP contribution in [0.1, 0.15) is 11.1 Å². The van der Waals surface area contributed by atoms with Crippen molar-refractivity contribution >= 4 is 35.0 Å². The van der Waals surface area contributed by atoms with Gasteiger partial charge in [0.2, 0.25) is 0 Å². The van der Waals surface area contributed by atoms with Crippen molar-refractivity contribution in [3.05, 3.63) is 94.0 Å². The first-order valence-electron chi connectivity index (χ1n) is 8.76. The van der Waals surface area contributed by atoms with Crippen LogP contribution in [0.2, 0.25) is 10.0 Å². The molecule has 0 atom stereocenters. The maximum absolute atomic E-state index is 6.20. The highest BCUT2D eigenvalue weighted by Gasteiger charge is 2.16. The van der Waals surface area contributed by atoms with E-state index in [9.17, 15) is 0 Å². The van der Waals surface area contributed by atoms with Gasteiger partial charge in [-0.15, -0.1) is 10.2 Å². The molecule has 0 aliphatic carbocycles. The van der Waals surface area contributed by atoms with Crippen molar-refractivity contribution in [2.24, 2.45) is 0 Å². The summed E-state index contributed by atoms with van der Waals surface area (Å²) in [5.41, 5.74) is 4.37. The quantitative estimate of drug-likeness (QED) is 0.327. The van der Waals surface area contributed by atoms with Crippen molar-refractivity contribution in [2.75, 3.05) is 0 Å². The molecule has 0 unspecified atom stereocenters. The number of aryl methyl sites for hydroxylation is 1. The molecule has 0 fully saturated rings. The van der Waals surface area contributed by atoms with Gasteiger partial charge in [0.1, 0.15) is 0 Å². The van der Waals surface area contributed by atoms with Gasteiger partial charge in [0.05, 0.1) is 0 Å². The largest absolute Gasteiger partial charge is 0.270 e. The van der Waals surface area contributed by atoms with E-state index in [1.807, 2.05) is 53.1 Å². The van der Waals surface area contributed by atoms with Gasteiger partial charge in [-0.3, -0.25) is 4.57 Å². The molecule has 0 aliphatic rings. The van der Waals surface area contributed by atoms with E-state index in [1.54, 1.807) is 11.8 Å². The Morgan fingerprint density at radius 2 is 1.64 bits per heavy atom. The lowest BCUT2D eigenvalue weighted by atomic mass is 10.2. The fourth-order valence-corrected chi connectivity index (χ4v) is 4.16. The Balaban J connectivity index is 1.74. The van der Waals surface area contributed by atoms with Crippen molar-refractivity contribution in [1.29, 1.82) is 0 Å². The SMILES string of the molecule is Cc1cccc(CSc2nnc(-c3cccc(Cl)c3)n2-c2ccc(Cl)cc2)c1. The molecule has 28 heavy (non-hydrogen) atoms. The van der Waals surface area contributed by atoms with Crippen LogP contribution >= 0.6 is 35.0 Å². The molecule has 3 aromatic carbocycles. The van der Waals surface area contributed by atoms with Crippen LogP contribution in [0.4, 0.5) is 0 Å². The van der Waals surface area contributed by atoms with E-state index in [4.69, 9.17) is 23.2 Å². The fourth-order valence-electron chi connectivity index (χ4n) is 2.95. The van der Waals surface area contributed by atoms with Gasteiger partial charge >= 0.3 is 0 Å². The summed E-state index contributed by atoms with van der Waals surface area (Å²) in [6.45, 7) is 2.10. The summed E-state index contributed by atoms with van der Waals surface area (Å²) in [7, 11) is 0. The third kappa shape index (κ3) is 4.25. The average Bonchev–Trinajstić information content (AvgIpc) is 3.11. The number of hydrogen-bond donors (Lipinski definition) is 0. The third-order valence-electron chi connectivity index (χ3n) is 4.25. The molecule has 0 spiro atoms. The minimum absolute atomic E-state index is 0.664. The van der Waals surface area contributed by atoms with Gasteiger partial charge in [0.25, 0.3) is 0 Å². The number of benzene rings is 3. The summed E-state index contributed by atoms with van der Waals surface area (Å²) in [5.74, 6) is 1.56. The summed E-state index contributed by atoms with van der Waals surface area (Å²) in [6.07, 6.45) is 0. The molecule has 0 N–H and O–H groups in total. The fraction of sp³-hybridized carbons (Fsp3) is 0.0909. The predicted molar refractivity (Wildman–Crippen MR) is 118 cm³/mol. The predicted octanol–water partition coefficient (Wildman–Crippen LogP) is 6.84. The molecule has 1 heterocycles. The molecule has 1 aromatic heterocycles. The summed E-state index contributed by atoms with van der Waals surface area (Å²) >= 11 is 13.9. The van der Waals surface area contributed by atoms with Crippen LogP contribution in [0.25, 0.3) is 17.1 Å². The number of rotatable bonds is 5. The lowest BCUT2D eigenvalue weighted by molar-refractivity contribution is 0.886. The van der Waals surface area contributed by atoms with E-state index in [0.29, 0.717) is 10.0 Å². The zero-order valence-electron chi connectivity index (χ0n) is 15.1. The van der Waals surface area contributed by atoms with Gasteiger partial charge in [-0.1, -0.05) is 76.9 Å². The second-order valence-electron chi connectivity index (χ2n) is 6.41. The van der Waals surface area contributed by atoms with Crippen molar-refractivity contribution < 1.29 is 0 Å². The Morgan fingerprint density at radius 1 is 0.857 bits per heavy atom. The molecule has 0 saturated carbocycles. The molecule has 6 heteroatoms. The second kappa shape index (κ2) is 8.39. The van der Waals surface area contributed by atoms with E-state index in [0.717, 1.165) is 28.0 Å². The van der Waals surface area contributed by atoms with E-state index >= 15 is 0 Å². The maximum atomic E-state index is 6.20. The van der Waals surface area contributed by atoms with Crippen LogP contribution in [0, 0.1) is 6.92 Å². The van der Waals surface area contributed by atoms with Gasteiger partial charge in [0.15, 0.2) is 11.0 Å². The molecule has 4 aromatic rings. The van der Waals surface area contributed by atoms with Gasteiger partial charge in [0, 0.05) is 27.0 Å². The first-order chi connectivity index (χ1) is 13.6. The molecule has 4 rings (SSSR count). The normalized spacial score (nSPS) is 11.0. The second-order valence-corrected chi connectivity index (χ2v) is 8.22. The monoisotopic (exact) mass is 425 g/mol. The van der Waals surface area contributed by atoms with Crippen molar-refractivity contribution in [3.63, 3.8) is 0 Å². The lowest BCUT2D eigenvalue weighted by Gasteiger charge is -2.11. The molecular weight excluding hydrogens is 409 g/mol. The zero-order chi connectivity index (χ0) is 19.5. The number of aromatic nitrogens is 3. The molecule has 0 saturated heterocycles. The number of halogens is 2. The Morgan fingerprint density at radius 3 is 2.39 bits per heavy atom. The molecule has 3 nitrogen and oxygen atoms in total. The zero-order valence-corrected chi connectivity index (χ0v) is 17.5.